The van der Waals surface area contributed by atoms with Gasteiger partial charge in [-0.3, -0.25) is 14.6 Å². The van der Waals surface area contributed by atoms with Crippen molar-refractivity contribution in [2.24, 2.45) is 10.9 Å². The van der Waals surface area contributed by atoms with E-state index in [1.807, 2.05) is 25.1 Å². The Bertz CT molecular complexity index is 1180. The third kappa shape index (κ3) is 4.85. The Balaban J connectivity index is 1.75. The molecule has 0 saturated heterocycles. The monoisotopic (exact) mass is 479 g/mol. The second-order valence-electron chi connectivity index (χ2n) is 8.93. The molecular formula is C28H30FNO5. The van der Waals surface area contributed by atoms with Crippen LogP contribution in [0.15, 0.2) is 58.7 Å². The molecule has 0 fully saturated rings. The Morgan fingerprint density at radius 3 is 2.37 bits per heavy atom. The zero-order valence-electron chi connectivity index (χ0n) is 20.5. The second kappa shape index (κ2) is 10.4. The van der Waals surface area contributed by atoms with Gasteiger partial charge in [0.25, 0.3) is 0 Å². The van der Waals surface area contributed by atoms with Crippen molar-refractivity contribution < 1.29 is 28.2 Å². The zero-order valence-corrected chi connectivity index (χ0v) is 20.5. The van der Waals surface area contributed by atoms with Gasteiger partial charge in [0, 0.05) is 29.3 Å². The number of methoxy groups -OCH3 is 2. The van der Waals surface area contributed by atoms with Crippen molar-refractivity contribution in [3.05, 3.63) is 70.7 Å². The van der Waals surface area contributed by atoms with Crippen LogP contribution < -0.4 is 9.47 Å². The number of ketones is 1. The van der Waals surface area contributed by atoms with Crippen LogP contribution in [0.5, 0.6) is 11.5 Å². The van der Waals surface area contributed by atoms with Crippen molar-refractivity contribution in [2.75, 3.05) is 20.8 Å². The summed E-state index contributed by atoms with van der Waals surface area (Å²) in [5, 5.41) is 0. The number of allylic oxidation sites excluding steroid dienone is 2. The summed E-state index contributed by atoms with van der Waals surface area (Å²) in [5.41, 5.74) is 3.45. The van der Waals surface area contributed by atoms with E-state index in [0.717, 1.165) is 5.56 Å². The summed E-state index contributed by atoms with van der Waals surface area (Å²) in [6.45, 7) is 4.01. The number of aliphatic imine (C=N–C) groups is 1. The number of Topliss-reactive ketones (excluding diaryl/α,β-unsaturated/α-hetero) is 1. The fourth-order valence-electron chi connectivity index (χ4n) is 5.03. The first-order valence-electron chi connectivity index (χ1n) is 11.8. The minimum absolute atomic E-state index is 0.0649. The Morgan fingerprint density at radius 1 is 1.03 bits per heavy atom. The number of carbonyl (C=O) groups is 2. The lowest BCUT2D eigenvalue weighted by Gasteiger charge is -2.36. The van der Waals surface area contributed by atoms with Gasteiger partial charge in [-0.2, -0.15) is 0 Å². The normalized spacial score (nSPS) is 21.8. The van der Waals surface area contributed by atoms with Crippen molar-refractivity contribution in [3.8, 4) is 11.5 Å². The molecule has 35 heavy (non-hydrogen) atoms. The summed E-state index contributed by atoms with van der Waals surface area (Å²) >= 11 is 0. The molecular weight excluding hydrogens is 449 g/mol. The van der Waals surface area contributed by atoms with Gasteiger partial charge in [0.15, 0.2) is 17.3 Å². The molecule has 184 valence electrons. The highest BCUT2D eigenvalue weighted by Gasteiger charge is 2.44. The minimum atomic E-state index is -0.729. The molecule has 0 saturated carbocycles. The first kappa shape index (κ1) is 24.6. The van der Waals surface area contributed by atoms with Crippen LogP contribution in [0.1, 0.15) is 56.1 Å². The van der Waals surface area contributed by atoms with Crippen molar-refractivity contribution >= 4 is 17.5 Å². The molecule has 4 rings (SSSR count). The van der Waals surface area contributed by atoms with E-state index >= 15 is 0 Å². The van der Waals surface area contributed by atoms with Crippen LogP contribution in [0.25, 0.3) is 0 Å². The van der Waals surface area contributed by atoms with Gasteiger partial charge in [0.2, 0.25) is 0 Å². The number of rotatable bonds is 7. The van der Waals surface area contributed by atoms with E-state index in [4.69, 9.17) is 19.2 Å². The molecule has 7 heteroatoms. The van der Waals surface area contributed by atoms with Crippen LogP contribution >= 0.6 is 0 Å². The molecule has 0 spiro atoms. The van der Waals surface area contributed by atoms with Gasteiger partial charge in [0.05, 0.1) is 20.8 Å². The van der Waals surface area contributed by atoms with Crippen molar-refractivity contribution in [3.63, 3.8) is 0 Å². The van der Waals surface area contributed by atoms with Gasteiger partial charge in [-0.05, 0) is 61.1 Å². The van der Waals surface area contributed by atoms with E-state index in [-0.39, 0.29) is 23.9 Å². The van der Waals surface area contributed by atoms with Crippen LogP contribution in [0, 0.1) is 11.7 Å². The number of benzene rings is 2. The zero-order chi connectivity index (χ0) is 25.1. The highest BCUT2D eigenvalue weighted by Crippen LogP contribution is 2.47. The molecule has 0 bridgehead atoms. The lowest BCUT2D eigenvalue weighted by atomic mass is 9.69. The van der Waals surface area contributed by atoms with Gasteiger partial charge >= 0.3 is 5.97 Å². The van der Waals surface area contributed by atoms with Crippen molar-refractivity contribution in [1.29, 1.82) is 0 Å². The molecule has 1 unspecified atom stereocenters. The number of halogens is 1. The summed E-state index contributed by atoms with van der Waals surface area (Å²) < 4.78 is 30.0. The van der Waals surface area contributed by atoms with Crippen LogP contribution in [-0.2, 0) is 14.3 Å². The fraction of sp³-hybridized carbons (Fsp3) is 0.393. The van der Waals surface area contributed by atoms with Gasteiger partial charge in [-0.15, -0.1) is 0 Å². The van der Waals surface area contributed by atoms with Crippen LogP contribution in [0.2, 0.25) is 0 Å². The maximum absolute atomic E-state index is 13.7. The smallest absolute Gasteiger partial charge is 0.315 e. The van der Waals surface area contributed by atoms with E-state index in [2.05, 4.69) is 0 Å². The molecule has 1 aliphatic carbocycles. The molecule has 2 aliphatic rings. The van der Waals surface area contributed by atoms with Gasteiger partial charge in [0.1, 0.15) is 11.7 Å². The Labute approximate surface area is 204 Å². The van der Waals surface area contributed by atoms with E-state index in [0.29, 0.717) is 53.5 Å². The first-order chi connectivity index (χ1) is 16.9. The number of ether oxygens (including phenoxy) is 3. The van der Waals surface area contributed by atoms with E-state index in [9.17, 15) is 14.0 Å². The first-order valence-corrected chi connectivity index (χ1v) is 11.8. The predicted octanol–water partition coefficient (Wildman–Crippen LogP) is 5.37. The lowest BCUT2D eigenvalue weighted by molar-refractivity contribution is -0.146. The van der Waals surface area contributed by atoms with Crippen molar-refractivity contribution in [2.45, 2.75) is 44.9 Å². The maximum atomic E-state index is 13.7. The highest BCUT2D eigenvalue weighted by molar-refractivity contribution is 6.09. The lowest BCUT2D eigenvalue weighted by Crippen LogP contribution is -2.38. The number of carbonyl (C=O) groups excluding carboxylic acids is 2. The SMILES string of the molecule is CCCOC(=O)C1C(C)=NC2=C(C(=O)C[C@H](c3ccc(OC)c(OC)c3)C2)[C@@H]1c1ccc(F)cc1. The molecule has 3 atom stereocenters. The van der Waals surface area contributed by atoms with Crippen LogP contribution in [-0.4, -0.2) is 38.3 Å². The summed E-state index contributed by atoms with van der Waals surface area (Å²) in [7, 11) is 3.16. The molecule has 0 amide bonds. The molecule has 6 nitrogen and oxygen atoms in total. The van der Waals surface area contributed by atoms with Crippen molar-refractivity contribution in [1.82, 2.24) is 0 Å². The summed E-state index contributed by atoms with van der Waals surface area (Å²) in [4.78, 5) is 31.5. The second-order valence-corrected chi connectivity index (χ2v) is 8.93. The molecule has 0 aromatic heterocycles. The molecule has 1 heterocycles. The van der Waals surface area contributed by atoms with Gasteiger partial charge in [-0.1, -0.05) is 25.1 Å². The van der Waals surface area contributed by atoms with E-state index in [1.165, 1.54) is 12.1 Å². The highest BCUT2D eigenvalue weighted by atomic mass is 19.1. The Kier molecular flexibility index (Phi) is 7.34. The predicted molar refractivity (Wildman–Crippen MR) is 131 cm³/mol. The molecule has 2 aromatic rings. The number of hydrogen-bond donors (Lipinski definition) is 0. The van der Waals surface area contributed by atoms with E-state index < -0.39 is 17.8 Å². The quantitative estimate of drug-likeness (QED) is 0.499. The van der Waals surface area contributed by atoms with E-state index in [1.54, 1.807) is 33.3 Å². The van der Waals surface area contributed by atoms with Gasteiger partial charge < -0.3 is 14.2 Å². The van der Waals surface area contributed by atoms with Crippen LogP contribution in [0.4, 0.5) is 4.39 Å². The molecule has 1 aliphatic heterocycles. The number of hydrogen-bond acceptors (Lipinski definition) is 6. The fourth-order valence-corrected chi connectivity index (χ4v) is 5.03. The standard InChI is InChI=1S/C28H30FNO5/c1-5-12-35-28(32)25-16(2)30-21-13-19(18-8-11-23(33-3)24(15-18)34-4)14-22(31)27(21)26(25)17-6-9-20(29)10-7-17/h6-11,15,19,25-26H,5,12-14H2,1-4H3/t19-,25?,26-/m1/s1. The van der Waals surface area contributed by atoms with Crippen LogP contribution in [0.3, 0.4) is 0 Å². The third-order valence-electron chi connectivity index (χ3n) is 6.70. The number of esters is 1. The average molecular weight is 480 g/mol. The molecule has 0 radical (unpaired) electrons. The summed E-state index contributed by atoms with van der Waals surface area (Å²) in [6, 6.07) is 11.6. The summed E-state index contributed by atoms with van der Waals surface area (Å²) in [6.07, 6.45) is 1.51. The maximum Gasteiger partial charge on any atom is 0.315 e. The molecule has 0 N–H and O–H groups in total. The molecule has 2 aromatic carbocycles. The third-order valence-corrected chi connectivity index (χ3v) is 6.70. The largest absolute Gasteiger partial charge is 0.493 e. The topological polar surface area (TPSA) is 74.2 Å². The Morgan fingerprint density at radius 2 is 1.71 bits per heavy atom. The minimum Gasteiger partial charge on any atom is -0.493 e. The number of nitrogens with zero attached hydrogens (tertiary/aromatic N) is 1. The summed E-state index contributed by atoms with van der Waals surface area (Å²) in [5.74, 6) is -1.02. The average Bonchev–Trinajstić information content (AvgIpc) is 2.86. The Hall–Kier alpha value is -3.48. The van der Waals surface area contributed by atoms with Gasteiger partial charge in [-0.25, -0.2) is 4.39 Å².